The lowest BCUT2D eigenvalue weighted by atomic mass is 9.79. The first-order valence-electron chi connectivity index (χ1n) is 4.52. The van der Waals surface area contributed by atoms with E-state index in [9.17, 15) is 0 Å². The Kier molecular flexibility index (Phi) is 1.87. The molecule has 0 aromatic carbocycles. The van der Waals surface area contributed by atoms with Crippen molar-refractivity contribution >= 4 is 0 Å². The van der Waals surface area contributed by atoms with Gasteiger partial charge >= 0.3 is 0 Å². The molecule has 0 aromatic heterocycles. The second-order valence-electron chi connectivity index (χ2n) is 3.67. The molecule has 0 radical (unpaired) electrons. The Morgan fingerprint density at radius 3 is 2.27 bits per heavy atom. The minimum atomic E-state index is 0.549. The van der Waals surface area contributed by atoms with Crippen molar-refractivity contribution in [2.75, 3.05) is 26.7 Å². The second kappa shape index (κ2) is 2.73. The van der Waals surface area contributed by atoms with Crippen molar-refractivity contribution in [3.63, 3.8) is 0 Å². The van der Waals surface area contributed by atoms with Crippen LogP contribution < -0.4 is 10.7 Å². The van der Waals surface area contributed by atoms with Crippen molar-refractivity contribution in [1.82, 2.24) is 15.8 Å². The van der Waals surface area contributed by atoms with E-state index in [1.165, 1.54) is 38.9 Å². The average Bonchev–Trinajstić information content (AvgIpc) is 2.02. The van der Waals surface area contributed by atoms with E-state index in [0.29, 0.717) is 5.54 Å². The third-order valence-corrected chi connectivity index (χ3v) is 3.14. The summed E-state index contributed by atoms with van der Waals surface area (Å²) in [5.74, 6) is 0. The van der Waals surface area contributed by atoms with Crippen molar-refractivity contribution in [2.45, 2.75) is 24.8 Å². The predicted octanol–water partition coefficient (Wildman–Crippen LogP) is -0.0513. The van der Waals surface area contributed by atoms with Crippen molar-refractivity contribution in [3.05, 3.63) is 0 Å². The van der Waals surface area contributed by atoms with Gasteiger partial charge in [-0.25, -0.2) is 5.01 Å². The molecular weight excluding hydrogens is 138 g/mol. The molecule has 0 amide bonds. The van der Waals surface area contributed by atoms with Crippen LogP contribution in [-0.2, 0) is 0 Å². The van der Waals surface area contributed by atoms with Crippen molar-refractivity contribution < 1.29 is 0 Å². The zero-order chi connectivity index (χ0) is 7.73. The molecule has 2 fully saturated rings. The molecule has 1 spiro atoms. The molecule has 2 N–H and O–H groups in total. The summed E-state index contributed by atoms with van der Waals surface area (Å²) in [6.07, 6.45) is 4.02. The molecule has 2 saturated heterocycles. The molecule has 2 rings (SSSR count). The maximum atomic E-state index is 3.55. The van der Waals surface area contributed by atoms with Crippen LogP contribution >= 0.6 is 0 Å². The van der Waals surface area contributed by atoms with E-state index in [1.54, 1.807) is 0 Å². The molecule has 3 nitrogen and oxygen atoms in total. The lowest BCUT2D eigenvalue weighted by molar-refractivity contribution is 0.0618. The highest BCUT2D eigenvalue weighted by Crippen LogP contribution is 2.29. The Labute approximate surface area is 68.1 Å². The number of nitrogens with zero attached hydrogens (tertiary/aromatic N) is 1. The van der Waals surface area contributed by atoms with Gasteiger partial charge in [-0.1, -0.05) is 0 Å². The summed E-state index contributed by atoms with van der Waals surface area (Å²) in [4.78, 5) is 0. The molecule has 11 heavy (non-hydrogen) atoms. The Morgan fingerprint density at radius 2 is 1.91 bits per heavy atom. The summed E-state index contributed by atoms with van der Waals surface area (Å²) >= 11 is 0. The van der Waals surface area contributed by atoms with Gasteiger partial charge in [0.05, 0.1) is 0 Å². The van der Waals surface area contributed by atoms with Crippen molar-refractivity contribution in [2.24, 2.45) is 0 Å². The molecule has 0 bridgehead atoms. The Morgan fingerprint density at radius 1 is 1.27 bits per heavy atom. The molecule has 0 aliphatic carbocycles. The van der Waals surface area contributed by atoms with Gasteiger partial charge in [-0.2, -0.15) is 0 Å². The summed E-state index contributed by atoms with van der Waals surface area (Å²) < 4.78 is 0. The summed E-state index contributed by atoms with van der Waals surface area (Å²) in [7, 11) is 2.01. The lowest BCUT2D eigenvalue weighted by Gasteiger charge is -2.48. The summed E-state index contributed by atoms with van der Waals surface area (Å²) in [6.45, 7) is 3.63. The van der Waals surface area contributed by atoms with Gasteiger partial charge in [0.1, 0.15) is 0 Å². The molecule has 3 heteroatoms. The Balaban J connectivity index is 1.84. The average molecular weight is 155 g/mol. The van der Waals surface area contributed by atoms with Gasteiger partial charge in [-0.3, -0.25) is 5.43 Å². The van der Waals surface area contributed by atoms with Crippen LogP contribution in [0, 0.1) is 0 Å². The third kappa shape index (κ3) is 1.28. The molecule has 0 atom stereocenters. The second-order valence-corrected chi connectivity index (χ2v) is 3.67. The van der Waals surface area contributed by atoms with Gasteiger partial charge in [0.15, 0.2) is 0 Å². The number of nitrogens with one attached hydrogen (secondary N) is 2. The molecule has 2 aliphatic rings. The quantitative estimate of drug-likeness (QED) is 0.556. The zero-order valence-electron chi connectivity index (χ0n) is 7.19. The molecular formula is C8H17N3. The minimum Gasteiger partial charge on any atom is -0.311 e. The maximum absolute atomic E-state index is 3.55. The van der Waals surface area contributed by atoms with E-state index in [-0.39, 0.29) is 0 Å². The fraction of sp³-hybridized carbons (Fsp3) is 1.00. The highest BCUT2D eigenvalue weighted by Gasteiger charge is 2.38. The van der Waals surface area contributed by atoms with Gasteiger partial charge in [-0.05, 0) is 32.9 Å². The Bertz CT molecular complexity index is 132. The highest BCUT2D eigenvalue weighted by molar-refractivity contribution is 4.99. The summed E-state index contributed by atoms with van der Waals surface area (Å²) in [5, 5.41) is 5.85. The van der Waals surface area contributed by atoms with Crippen LogP contribution in [0.3, 0.4) is 0 Å². The van der Waals surface area contributed by atoms with E-state index in [4.69, 9.17) is 0 Å². The normalized spacial score (nSPS) is 30.3. The number of hydrogen-bond donors (Lipinski definition) is 2. The van der Waals surface area contributed by atoms with E-state index in [1.807, 2.05) is 7.05 Å². The molecule has 0 unspecified atom stereocenters. The standard InChI is InChI=1S/C8H17N3/c1-9-11-6-3-8(4-7-11)2-5-10-8/h9-10H,2-7H2,1H3. The summed E-state index contributed by atoms with van der Waals surface area (Å²) in [5.41, 5.74) is 3.74. The largest absolute Gasteiger partial charge is 0.311 e. The van der Waals surface area contributed by atoms with Crippen LogP contribution in [0.5, 0.6) is 0 Å². The fourth-order valence-corrected chi connectivity index (χ4v) is 2.06. The van der Waals surface area contributed by atoms with Crippen LogP contribution in [0.25, 0.3) is 0 Å². The maximum Gasteiger partial charge on any atom is 0.0219 e. The van der Waals surface area contributed by atoms with E-state index in [2.05, 4.69) is 15.8 Å². The first kappa shape index (κ1) is 7.53. The van der Waals surface area contributed by atoms with Gasteiger partial charge in [0, 0.05) is 18.6 Å². The molecule has 0 aromatic rings. The monoisotopic (exact) mass is 155 g/mol. The first-order chi connectivity index (χ1) is 5.35. The highest BCUT2D eigenvalue weighted by atomic mass is 15.5. The molecule has 0 saturated carbocycles. The molecule has 2 heterocycles. The SMILES string of the molecule is CNN1CCC2(CCN2)CC1. The van der Waals surface area contributed by atoms with Gasteiger partial charge in [0.25, 0.3) is 0 Å². The van der Waals surface area contributed by atoms with Crippen LogP contribution in [0.4, 0.5) is 0 Å². The third-order valence-electron chi connectivity index (χ3n) is 3.14. The van der Waals surface area contributed by atoms with E-state index in [0.717, 1.165) is 0 Å². The molecule has 64 valence electrons. The fourth-order valence-electron chi connectivity index (χ4n) is 2.06. The van der Waals surface area contributed by atoms with Gasteiger partial charge in [-0.15, -0.1) is 0 Å². The van der Waals surface area contributed by atoms with E-state index >= 15 is 0 Å². The summed E-state index contributed by atoms with van der Waals surface area (Å²) in [6, 6.07) is 0. The molecule has 2 aliphatic heterocycles. The number of piperidine rings is 1. The number of rotatable bonds is 1. The van der Waals surface area contributed by atoms with Crippen LogP contribution in [0.2, 0.25) is 0 Å². The minimum absolute atomic E-state index is 0.549. The van der Waals surface area contributed by atoms with Gasteiger partial charge < -0.3 is 5.32 Å². The van der Waals surface area contributed by atoms with Crippen LogP contribution in [-0.4, -0.2) is 37.2 Å². The Hall–Kier alpha value is -0.120. The first-order valence-corrected chi connectivity index (χ1v) is 4.52. The number of hydrazine groups is 1. The smallest absolute Gasteiger partial charge is 0.0219 e. The van der Waals surface area contributed by atoms with Gasteiger partial charge in [0.2, 0.25) is 0 Å². The predicted molar refractivity (Wildman–Crippen MR) is 45.2 cm³/mol. The van der Waals surface area contributed by atoms with E-state index < -0.39 is 0 Å². The topological polar surface area (TPSA) is 27.3 Å². The number of hydrogen-bond acceptors (Lipinski definition) is 3. The zero-order valence-corrected chi connectivity index (χ0v) is 7.19. The van der Waals surface area contributed by atoms with Crippen LogP contribution in [0.1, 0.15) is 19.3 Å². The van der Waals surface area contributed by atoms with Crippen LogP contribution in [0.15, 0.2) is 0 Å². The van der Waals surface area contributed by atoms with Crippen molar-refractivity contribution in [1.29, 1.82) is 0 Å². The lowest BCUT2D eigenvalue weighted by Crippen LogP contribution is -2.62. The van der Waals surface area contributed by atoms with Crippen molar-refractivity contribution in [3.8, 4) is 0 Å².